The number of phosphoric ester groups is 1. The molecule has 3 unspecified atom stereocenters. The minimum Gasteiger partial charge on any atom is -0.756 e. The van der Waals surface area contributed by atoms with Gasteiger partial charge in [-0.15, -0.1) is 0 Å². The van der Waals surface area contributed by atoms with Gasteiger partial charge in [-0.3, -0.25) is 14.2 Å². The molecule has 0 spiro atoms. The molecule has 0 aliphatic rings. The Balaban J connectivity index is 5.34. The van der Waals surface area contributed by atoms with E-state index in [0.717, 1.165) is 109 Å². The average Bonchev–Trinajstić information content (AvgIpc) is 3.39. The van der Waals surface area contributed by atoms with Crippen molar-refractivity contribution in [1.29, 1.82) is 0 Å². The second kappa shape index (κ2) is 56.0. The molecule has 442 valence electrons. The van der Waals surface area contributed by atoms with Gasteiger partial charge >= 0.3 is 5.97 Å². The number of likely N-dealkylation sites (N-methyl/N-ethyl adjacent to an activating group) is 1. The number of phosphoric acid groups is 1. The lowest BCUT2D eigenvalue weighted by Crippen LogP contribution is -2.47. The number of ether oxygens (including phenoxy) is 1. The summed E-state index contributed by atoms with van der Waals surface area (Å²) in [4.78, 5) is 40.0. The molecule has 0 bridgehead atoms. The Kier molecular flexibility index (Phi) is 53.5. The van der Waals surface area contributed by atoms with E-state index in [1.54, 1.807) is 0 Å². The molecule has 10 heteroatoms. The highest BCUT2D eigenvalue weighted by Crippen LogP contribution is 2.38. The van der Waals surface area contributed by atoms with Crippen molar-refractivity contribution in [2.45, 2.75) is 264 Å². The zero-order valence-electron chi connectivity index (χ0n) is 50.4. The Bertz CT molecular complexity index is 1690. The maximum atomic E-state index is 13.5. The van der Waals surface area contributed by atoms with Gasteiger partial charge in [-0.1, -0.05) is 240 Å². The quantitative estimate of drug-likeness (QED) is 0.0161. The Morgan fingerprint density at radius 2 is 0.870 bits per heavy atom. The fourth-order valence-corrected chi connectivity index (χ4v) is 9.12. The molecule has 0 saturated heterocycles. The predicted octanol–water partition coefficient (Wildman–Crippen LogP) is 18.7. The van der Waals surface area contributed by atoms with Gasteiger partial charge in [0.15, 0.2) is 0 Å². The number of nitrogens with zero attached hydrogens (tertiary/aromatic N) is 1. The van der Waals surface area contributed by atoms with E-state index in [2.05, 4.69) is 123 Å². The van der Waals surface area contributed by atoms with Gasteiger partial charge in [-0.25, -0.2) is 0 Å². The van der Waals surface area contributed by atoms with Gasteiger partial charge in [0.25, 0.3) is 7.82 Å². The molecule has 0 rings (SSSR count). The number of carbonyl (C=O) groups excluding carboxylic acids is 2. The molecule has 0 saturated carbocycles. The molecule has 77 heavy (non-hydrogen) atoms. The Morgan fingerprint density at radius 3 is 1.34 bits per heavy atom. The zero-order valence-corrected chi connectivity index (χ0v) is 51.3. The molecule has 0 aliphatic carbocycles. The highest BCUT2D eigenvalue weighted by atomic mass is 31.2. The number of allylic oxidation sites excluding steroid dienone is 17. The van der Waals surface area contributed by atoms with Crippen LogP contribution in [0.2, 0.25) is 0 Å². The van der Waals surface area contributed by atoms with Crippen LogP contribution in [0.5, 0.6) is 0 Å². The van der Waals surface area contributed by atoms with E-state index in [4.69, 9.17) is 13.8 Å². The zero-order chi connectivity index (χ0) is 56.4. The van der Waals surface area contributed by atoms with Crippen LogP contribution in [0, 0.1) is 0 Å². The van der Waals surface area contributed by atoms with E-state index < -0.39 is 26.6 Å². The number of rotatable bonds is 55. The summed E-state index contributed by atoms with van der Waals surface area (Å²) in [6.45, 7) is 6.67. The van der Waals surface area contributed by atoms with Gasteiger partial charge in [0, 0.05) is 12.8 Å². The van der Waals surface area contributed by atoms with Crippen molar-refractivity contribution >= 4 is 19.7 Å². The van der Waals surface area contributed by atoms with Crippen molar-refractivity contribution < 1.29 is 37.3 Å². The second-order valence-corrected chi connectivity index (χ2v) is 23.3. The Labute approximate surface area is 474 Å². The van der Waals surface area contributed by atoms with Crippen molar-refractivity contribution in [3.8, 4) is 0 Å². The molecule has 0 aromatic carbocycles. The number of nitrogens with one attached hydrogen (secondary N) is 1. The first kappa shape index (κ1) is 73.7. The fourth-order valence-electron chi connectivity index (χ4n) is 8.40. The van der Waals surface area contributed by atoms with Crippen LogP contribution in [0.15, 0.2) is 109 Å². The molecular weight excluding hydrogens is 976 g/mol. The van der Waals surface area contributed by atoms with Crippen molar-refractivity contribution in [2.24, 2.45) is 0 Å². The summed E-state index contributed by atoms with van der Waals surface area (Å²) in [7, 11) is 1.14. The average molecular weight is 1090 g/mol. The molecular formula is C67H117N2O7P. The smallest absolute Gasteiger partial charge is 0.306 e. The van der Waals surface area contributed by atoms with E-state index in [1.807, 2.05) is 33.3 Å². The predicted molar refractivity (Wildman–Crippen MR) is 330 cm³/mol. The number of carbonyl (C=O) groups is 2. The number of hydrogen-bond donors (Lipinski definition) is 1. The number of esters is 1. The lowest BCUT2D eigenvalue weighted by atomic mass is 10.1. The summed E-state index contributed by atoms with van der Waals surface area (Å²) >= 11 is 0. The molecule has 0 aliphatic heterocycles. The van der Waals surface area contributed by atoms with Crippen molar-refractivity contribution in [2.75, 3.05) is 40.9 Å². The van der Waals surface area contributed by atoms with Gasteiger partial charge in [0.05, 0.1) is 33.8 Å². The summed E-state index contributed by atoms with van der Waals surface area (Å²) in [5.41, 5.74) is 0. The van der Waals surface area contributed by atoms with Crippen LogP contribution in [0.25, 0.3) is 0 Å². The molecule has 1 amide bonds. The summed E-state index contributed by atoms with van der Waals surface area (Å²) in [5.74, 6) is -0.606. The summed E-state index contributed by atoms with van der Waals surface area (Å²) in [5, 5.41) is 3.00. The summed E-state index contributed by atoms with van der Waals surface area (Å²) in [6, 6.07) is -0.920. The molecule has 0 aromatic heterocycles. The van der Waals surface area contributed by atoms with Crippen LogP contribution in [-0.4, -0.2) is 69.4 Å². The van der Waals surface area contributed by atoms with E-state index >= 15 is 0 Å². The topological polar surface area (TPSA) is 114 Å². The first-order valence-corrected chi connectivity index (χ1v) is 32.7. The van der Waals surface area contributed by atoms with Gasteiger partial charge in [-0.05, 0) is 109 Å². The molecule has 1 N–H and O–H groups in total. The van der Waals surface area contributed by atoms with Crippen molar-refractivity contribution in [3.05, 3.63) is 109 Å². The molecule has 0 fully saturated rings. The SMILES string of the molecule is CC/C=C\C/C=C\C/C=C\C/C=C\C/C=C\C/C=C\CCCCCCC(=O)OC(/C=C\CCCCCCCCCCCC)C(COP(=O)([O-])OCC[N+](C)(C)C)NC(=O)CCCCC/C=C/C=C/CCCCCCCCC. The van der Waals surface area contributed by atoms with Crippen LogP contribution in [0.3, 0.4) is 0 Å². The van der Waals surface area contributed by atoms with Crippen molar-refractivity contribution in [1.82, 2.24) is 5.32 Å². The van der Waals surface area contributed by atoms with Crippen LogP contribution in [0.4, 0.5) is 0 Å². The van der Waals surface area contributed by atoms with Crippen molar-refractivity contribution in [3.63, 3.8) is 0 Å². The maximum Gasteiger partial charge on any atom is 0.306 e. The highest BCUT2D eigenvalue weighted by Gasteiger charge is 2.27. The third-order valence-corrected chi connectivity index (χ3v) is 14.2. The van der Waals surface area contributed by atoms with Crippen LogP contribution >= 0.6 is 7.82 Å². The molecule has 3 atom stereocenters. The third kappa shape index (κ3) is 57.2. The van der Waals surface area contributed by atoms with E-state index in [0.29, 0.717) is 23.9 Å². The first-order valence-electron chi connectivity index (χ1n) is 31.2. The van der Waals surface area contributed by atoms with Gasteiger partial charge < -0.3 is 28.5 Å². The minimum absolute atomic E-state index is 0.0371. The lowest BCUT2D eigenvalue weighted by Gasteiger charge is -2.30. The van der Waals surface area contributed by atoms with E-state index in [-0.39, 0.29) is 31.3 Å². The summed E-state index contributed by atoms with van der Waals surface area (Å²) in [6.07, 6.45) is 76.3. The van der Waals surface area contributed by atoms with Gasteiger partial charge in [0.1, 0.15) is 19.3 Å². The Morgan fingerprint density at radius 1 is 0.481 bits per heavy atom. The number of quaternary nitrogens is 1. The monoisotopic (exact) mass is 1090 g/mol. The Hall–Kier alpha value is -3.33. The fraction of sp³-hybridized carbons (Fsp3) is 0.701. The number of unbranched alkanes of at least 4 members (excludes halogenated alkanes) is 24. The van der Waals surface area contributed by atoms with E-state index in [1.165, 1.54) is 96.3 Å². The molecule has 0 aromatic rings. The number of amides is 1. The second-order valence-electron chi connectivity index (χ2n) is 21.9. The molecule has 0 radical (unpaired) electrons. The molecule has 9 nitrogen and oxygen atoms in total. The number of hydrogen-bond acceptors (Lipinski definition) is 7. The molecule has 0 heterocycles. The summed E-state index contributed by atoms with van der Waals surface area (Å²) < 4.78 is 30.3. The first-order chi connectivity index (χ1) is 37.4. The maximum absolute atomic E-state index is 13.5. The standard InChI is InChI=1S/C67H117N2O7P/c1-7-10-13-16-19-22-25-28-30-32-33-34-35-36-37-38-40-42-45-48-51-54-57-60-67(71)76-65(58-55-52-49-46-43-27-24-21-18-15-12-9-3)64(63-75-77(72,73)74-62-61-69(4,5)6)68-66(70)59-56-53-50-47-44-41-39-31-29-26-23-20-17-14-11-8-2/h10,13,19,22,28,30-31,33-34,36-37,39-42,44,55,58,64-65H,7-9,11-12,14-18,20-21,23-27,29,32,35,38,43,45-54,56-57,59-63H2,1-6H3,(H-,68,70,72,73)/b13-10-,22-19-,30-28-,34-33-,37-36-,39-31+,42-40-,44-41+,58-55-. The lowest BCUT2D eigenvalue weighted by molar-refractivity contribution is -0.870. The minimum atomic E-state index is -4.72. The van der Waals surface area contributed by atoms with E-state index in [9.17, 15) is 19.0 Å². The van der Waals surface area contributed by atoms with Gasteiger partial charge in [-0.2, -0.15) is 0 Å². The normalized spacial score (nSPS) is 14.4. The largest absolute Gasteiger partial charge is 0.756 e. The third-order valence-electron chi connectivity index (χ3n) is 13.2. The van der Waals surface area contributed by atoms with Crippen LogP contribution < -0.4 is 10.2 Å². The van der Waals surface area contributed by atoms with Crippen LogP contribution in [-0.2, 0) is 27.9 Å². The highest BCUT2D eigenvalue weighted by molar-refractivity contribution is 7.45. The van der Waals surface area contributed by atoms with Crippen LogP contribution in [0.1, 0.15) is 252 Å². The van der Waals surface area contributed by atoms with Gasteiger partial charge in [0.2, 0.25) is 5.91 Å².